The molecule has 3 N–H and O–H groups in total. The second-order valence-corrected chi connectivity index (χ2v) is 5.60. The summed E-state index contributed by atoms with van der Waals surface area (Å²) >= 11 is 1.58. The number of hydrogen-bond donors (Lipinski definition) is 3. The Kier molecular flexibility index (Phi) is 4.05. The maximum Gasteiger partial charge on any atom is 0.339 e. The number of amides is 1. The molecule has 1 amide bonds. The molecule has 0 spiro atoms. The van der Waals surface area contributed by atoms with Gasteiger partial charge in [0.15, 0.2) is 0 Å². The predicted octanol–water partition coefficient (Wildman–Crippen LogP) is 3.04. The molecule has 2 aromatic rings. The van der Waals surface area contributed by atoms with Gasteiger partial charge in [-0.25, -0.2) is 4.79 Å². The molecule has 0 bridgehead atoms. The zero-order chi connectivity index (χ0) is 14.7. The highest BCUT2D eigenvalue weighted by Crippen LogP contribution is 2.20. The van der Waals surface area contributed by atoms with Crippen molar-refractivity contribution in [2.24, 2.45) is 0 Å². The molecule has 2 heterocycles. The summed E-state index contributed by atoms with van der Waals surface area (Å²) in [6, 6.07) is 3.90. The van der Waals surface area contributed by atoms with Gasteiger partial charge in [0.1, 0.15) is 5.56 Å². The van der Waals surface area contributed by atoms with Crippen LogP contribution in [0.15, 0.2) is 24.4 Å². The number of aromatic amines is 1. The number of hydrogen-bond acceptors (Lipinski definition) is 3. The van der Waals surface area contributed by atoms with Crippen molar-refractivity contribution in [1.29, 1.82) is 0 Å². The molecule has 6 heteroatoms. The number of H-pyrrole nitrogens is 1. The van der Waals surface area contributed by atoms with Crippen LogP contribution in [0.2, 0.25) is 0 Å². The van der Waals surface area contributed by atoms with Gasteiger partial charge >= 0.3 is 5.97 Å². The SMILES string of the molecule is Cc1ccc(/C=C/C(=O)Nc2c[nH]c(C)c2C(=O)O)s1. The van der Waals surface area contributed by atoms with E-state index in [1.807, 2.05) is 19.1 Å². The molecule has 0 aliphatic heterocycles. The molecular weight excluding hydrogens is 276 g/mol. The molecule has 0 saturated carbocycles. The molecule has 20 heavy (non-hydrogen) atoms. The van der Waals surface area contributed by atoms with Crippen LogP contribution < -0.4 is 5.32 Å². The maximum absolute atomic E-state index is 11.8. The van der Waals surface area contributed by atoms with Gasteiger partial charge in [-0.15, -0.1) is 11.3 Å². The number of rotatable bonds is 4. The lowest BCUT2D eigenvalue weighted by atomic mass is 10.2. The average molecular weight is 290 g/mol. The lowest BCUT2D eigenvalue weighted by Crippen LogP contribution is -2.10. The number of carboxylic acids is 1. The van der Waals surface area contributed by atoms with E-state index >= 15 is 0 Å². The van der Waals surface area contributed by atoms with E-state index in [0.29, 0.717) is 5.69 Å². The summed E-state index contributed by atoms with van der Waals surface area (Å²) in [5.74, 6) is -1.44. The molecule has 0 aliphatic rings. The van der Waals surface area contributed by atoms with E-state index in [4.69, 9.17) is 5.11 Å². The van der Waals surface area contributed by atoms with Gasteiger partial charge in [0.25, 0.3) is 0 Å². The number of aryl methyl sites for hydroxylation is 2. The minimum atomic E-state index is -1.07. The maximum atomic E-state index is 11.8. The van der Waals surface area contributed by atoms with E-state index in [9.17, 15) is 9.59 Å². The highest BCUT2D eigenvalue weighted by Gasteiger charge is 2.16. The molecule has 0 aromatic carbocycles. The molecule has 0 fully saturated rings. The average Bonchev–Trinajstić information content (AvgIpc) is 2.93. The molecule has 2 rings (SSSR count). The molecular formula is C14H14N2O3S. The number of nitrogens with one attached hydrogen (secondary N) is 2. The number of carbonyl (C=O) groups excluding carboxylic acids is 1. The molecule has 0 aliphatic carbocycles. The smallest absolute Gasteiger partial charge is 0.339 e. The number of aromatic nitrogens is 1. The van der Waals surface area contributed by atoms with Gasteiger partial charge in [-0.1, -0.05) is 0 Å². The molecule has 0 atom stereocenters. The van der Waals surface area contributed by atoms with Crippen LogP contribution in [0.5, 0.6) is 0 Å². The van der Waals surface area contributed by atoms with Gasteiger partial charge in [-0.3, -0.25) is 4.79 Å². The molecule has 0 saturated heterocycles. The quantitative estimate of drug-likeness (QED) is 0.757. The highest BCUT2D eigenvalue weighted by molar-refractivity contribution is 7.12. The molecule has 104 valence electrons. The molecule has 0 unspecified atom stereocenters. The van der Waals surface area contributed by atoms with Crippen molar-refractivity contribution in [1.82, 2.24) is 4.98 Å². The first-order valence-electron chi connectivity index (χ1n) is 5.94. The summed E-state index contributed by atoms with van der Waals surface area (Å²) in [7, 11) is 0. The Morgan fingerprint density at radius 2 is 2.10 bits per heavy atom. The number of carboxylic acid groups (broad SMARTS) is 1. The monoisotopic (exact) mass is 290 g/mol. The highest BCUT2D eigenvalue weighted by atomic mass is 32.1. The van der Waals surface area contributed by atoms with Crippen LogP contribution in [0.4, 0.5) is 5.69 Å². The van der Waals surface area contributed by atoms with Gasteiger partial charge in [-0.05, 0) is 32.1 Å². The summed E-state index contributed by atoms with van der Waals surface area (Å²) in [6.45, 7) is 3.63. The van der Waals surface area contributed by atoms with Gasteiger partial charge in [0, 0.05) is 27.7 Å². The predicted molar refractivity (Wildman–Crippen MR) is 79.2 cm³/mol. The summed E-state index contributed by atoms with van der Waals surface area (Å²) in [4.78, 5) is 27.8. The first-order chi connectivity index (χ1) is 9.47. The van der Waals surface area contributed by atoms with Gasteiger partial charge < -0.3 is 15.4 Å². The van der Waals surface area contributed by atoms with Gasteiger partial charge in [-0.2, -0.15) is 0 Å². The third-order valence-corrected chi connectivity index (χ3v) is 3.68. The van der Waals surface area contributed by atoms with Crippen molar-refractivity contribution in [3.63, 3.8) is 0 Å². The molecule has 2 aromatic heterocycles. The minimum absolute atomic E-state index is 0.0821. The van der Waals surface area contributed by atoms with Crippen LogP contribution in [0.3, 0.4) is 0 Å². The largest absolute Gasteiger partial charge is 0.478 e. The Morgan fingerprint density at radius 3 is 2.70 bits per heavy atom. The first-order valence-corrected chi connectivity index (χ1v) is 6.76. The first kappa shape index (κ1) is 14.1. The van der Waals surface area contributed by atoms with E-state index in [1.165, 1.54) is 17.2 Å². The second kappa shape index (κ2) is 5.75. The lowest BCUT2D eigenvalue weighted by Gasteiger charge is -2.01. The number of carbonyl (C=O) groups is 2. The molecule has 0 radical (unpaired) electrons. The summed E-state index contributed by atoms with van der Waals surface area (Å²) in [5, 5.41) is 11.6. The van der Waals surface area contributed by atoms with Crippen molar-refractivity contribution in [3.8, 4) is 0 Å². The topological polar surface area (TPSA) is 82.2 Å². The minimum Gasteiger partial charge on any atom is -0.478 e. The fourth-order valence-corrected chi connectivity index (χ4v) is 2.56. The summed E-state index contributed by atoms with van der Waals surface area (Å²) in [5.41, 5.74) is 0.858. The zero-order valence-corrected chi connectivity index (χ0v) is 11.9. The number of anilines is 1. The van der Waals surface area contributed by atoms with Crippen molar-refractivity contribution in [2.75, 3.05) is 5.32 Å². The van der Waals surface area contributed by atoms with Crippen LogP contribution in [0.1, 0.15) is 25.8 Å². The third-order valence-electron chi connectivity index (χ3n) is 2.71. The Balaban J connectivity index is 2.09. The van der Waals surface area contributed by atoms with Crippen LogP contribution in [0.25, 0.3) is 6.08 Å². The van der Waals surface area contributed by atoms with E-state index in [2.05, 4.69) is 10.3 Å². The van der Waals surface area contributed by atoms with E-state index < -0.39 is 5.97 Å². The van der Waals surface area contributed by atoms with Crippen LogP contribution >= 0.6 is 11.3 Å². The Morgan fingerprint density at radius 1 is 1.35 bits per heavy atom. The van der Waals surface area contributed by atoms with Crippen molar-refractivity contribution >= 4 is 35.0 Å². The van der Waals surface area contributed by atoms with Crippen LogP contribution in [-0.4, -0.2) is 22.0 Å². The van der Waals surface area contributed by atoms with Crippen molar-refractivity contribution in [3.05, 3.63) is 45.4 Å². The standard InChI is InChI=1S/C14H14N2O3S/c1-8-3-4-10(20-8)5-6-12(17)16-11-7-15-9(2)13(11)14(18)19/h3-7,15H,1-2H3,(H,16,17)(H,18,19)/b6-5+. The van der Waals surface area contributed by atoms with Gasteiger partial charge in [0.05, 0.1) is 5.69 Å². The van der Waals surface area contributed by atoms with Crippen LogP contribution in [0, 0.1) is 13.8 Å². The normalized spacial score (nSPS) is 10.9. The fourth-order valence-electron chi connectivity index (χ4n) is 1.78. The van der Waals surface area contributed by atoms with Crippen LogP contribution in [-0.2, 0) is 4.79 Å². The fraction of sp³-hybridized carbons (Fsp3) is 0.143. The van der Waals surface area contributed by atoms with Crippen molar-refractivity contribution in [2.45, 2.75) is 13.8 Å². The van der Waals surface area contributed by atoms with E-state index in [1.54, 1.807) is 24.3 Å². The Labute approximate surface area is 120 Å². The van der Waals surface area contributed by atoms with Gasteiger partial charge in [0.2, 0.25) is 5.91 Å². The summed E-state index contributed by atoms with van der Waals surface area (Å²) in [6.07, 6.45) is 4.56. The van der Waals surface area contributed by atoms with Crippen molar-refractivity contribution < 1.29 is 14.7 Å². The Hall–Kier alpha value is -2.34. The van der Waals surface area contributed by atoms with E-state index in [-0.39, 0.29) is 17.2 Å². The zero-order valence-electron chi connectivity index (χ0n) is 11.1. The summed E-state index contributed by atoms with van der Waals surface area (Å²) < 4.78 is 0. The Bertz CT molecular complexity index is 682. The molecule has 5 nitrogen and oxygen atoms in total. The second-order valence-electron chi connectivity index (χ2n) is 4.28. The van der Waals surface area contributed by atoms with E-state index in [0.717, 1.165) is 4.88 Å². The lowest BCUT2D eigenvalue weighted by molar-refractivity contribution is -0.111. The number of aromatic carboxylic acids is 1. The number of thiophene rings is 1. The third kappa shape index (κ3) is 3.16.